The van der Waals surface area contributed by atoms with Crippen molar-refractivity contribution in [2.75, 3.05) is 0 Å². The zero-order valence-corrected chi connectivity index (χ0v) is 8.39. The van der Waals surface area contributed by atoms with Crippen LogP contribution in [0.15, 0.2) is 12.8 Å². The molecule has 1 aromatic heterocycles. The second kappa shape index (κ2) is 3.70. The van der Waals surface area contributed by atoms with Crippen LogP contribution in [0.4, 0.5) is 0 Å². The molecule has 0 aliphatic rings. The molecule has 1 aromatic rings. The van der Waals surface area contributed by atoms with Crippen molar-refractivity contribution in [3.8, 4) is 0 Å². The van der Waals surface area contributed by atoms with Gasteiger partial charge in [-0.3, -0.25) is 0 Å². The number of nitrogens with zero attached hydrogens (tertiary/aromatic N) is 1. The summed E-state index contributed by atoms with van der Waals surface area (Å²) in [5.74, 6) is -0.653. The van der Waals surface area contributed by atoms with Gasteiger partial charge in [-0.1, -0.05) is 20.4 Å². The first-order chi connectivity index (χ1) is 6.02. The second-order valence-electron chi connectivity index (χ2n) is 3.00. The van der Waals surface area contributed by atoms with E-state index in [4.69, 9.17) is 5.11 Å². The highest BCUT2D eigenvalue weighted by molar-refractivity contribution is 7.13. The molecule has 0 aliphatic carbocycles. The minimum absolute atomic E-state index is 0.115. The van der Waals surface area contributed by atoms with Gasteiger partial charge in [0.15, 0.2) is 0 Å². The van der Waals surface area contributed by atoms with Gasteiger partial charge in [0.2, 0.25) is 0 Å². The van der Waals surface area contributed by atoms with E-state index in [1.54, 1.807) is 6.20 Å². The van der Waals surface area contributed by atoms with Gasteiger partial charge in [-0.05, 0) is 0 Å². The molecule has 1 rings (SSSR count). The molecular formula is C9H11NO2S. The molecule has 0 spiro atoms. The fraction of sp³-hybridized carbons (Fsp3) is 0.333. The number of carboxylic acid groups (broad SMARTS) is 1. The molecule has 0 amide bonds. The summed E-state index contributed by atoms with van der Waals surface area (Å²) < 4.78 is 0. The van der Waals surface area contributed by atoms with Crippen LogP contribution in [0.25, 0.3) is 5.57 Å². The van der Waals surface area contributed by atoms with Gasteiger partial charge in [0.1, 0.15) is 0 Å². The Kier molecular flexibility index (Phi) is 2.83. The van der Waals surface area contributed by atoms with Gasteiger partial charge in [0.05, 0.1) is 15.5 Å². The van der Waals surface area contributed by atoms with Crippen molar-refractivity contribution in [3.05, 3.63) is 22.7 Å². The molecule has 13 heavy (non-hydrogen) atoms. The van der Waals surface area contributed by atoms with Crippen LogP contribution in [-0.2, 0) is 4.79 Å². The number of carboxylic acids is 1. The van der Waals surface area contributed by atoms with E-state index in [0.717, 1.165) is 5.01 Å². The third-order valence-electron chi connectivity index (χ3n) is 1.57. The lowest BCUT2D eigenvalue weighted by Crippen LogP contribution is -1.95. The molecule has 0 atom stereocenters. The normalized spacial score (nSPS) is 10.4. The largest absolute Gasteiger partial charge is 0.478 e. The van der Waals surface area contributed by atoms with E-state index >= 15 is 0 Å². The quantitative estimate of drug-likeness (QED) is 0.757. The Morgan fingerprint density at radius 1 is 1.69 bits per heavy atom. The number of carbonyl (C=O) groups is 1. The lowest BCUT2D eigenvalue weighted by atomic mass is 10.2. The van der Waals surface area contributed by atoms with Crippen LogP contribution in [0.3, 0.4) is 0 Å². The Morgan fingerprint density at radius 3 is 2.69 bits per heavy atom. The third kappa shape index (κ3) is 2.15. The van der Waals surface area contributed by atoms with Crippen LogP contribution in [0.5, 0.6) is 0 Å². The fourth-order valence-electron chi connectivity index (χ4n) is 0.799. The van der Waals surface area contributed by atoms with Gasteiger partial charge in [0.25, 0.3) is 0 Å². The molecule has 0 saturated heterocycles. The number of hydrogen-bond acceptors (Lipinski definition) is 3. The summed E-state index contributed by atoms with van der Waals surface area (Å²) in [5, 5.41) is 9.60. The Bertz CT molecular complexity index is 341. The average molecular weight is 197 g/mol. The number of aromatic nitrogens is 1. The zero-order chi connectivity index (χ0) is 10.0. The first-order valence-electron chi connectivity index (χ1n) is 3.90. The molecule has 0 radical (unpaired) electrons. The number of rotatable bonds is 3. The van der Waals surface area contributed by atoms with Crippen molar-refractivity contribution in [3.63, 3.8) is 0 Å². The number of aliphatic carboxylic acids is 1. The van der Waals surface area contributed by atoms with Crippen LogP contribution in [0.2, 0.25) is 0 Å². The van der Waals surface area contributed by atoms with Crippen LogP contribution in [0.1, 0.15) is 29.7 Å². The number of hydrogen-bond donors (Lipinski definition) is 1. The minimum atomic E-state index is -0.987. The maximum Gasteiger partial charge on any atom is 0.336 e. The van der Waals surface area contributed by atoms with Crippen molar-refractivity contribution in [2.24, 2.45) is 0 Å². The molecule has 3 nitrogen and oxygen atoms in total. The molecule has 0 aromatic carbocycles. The van der Waals surface area contributed by atoms with E-state index in [1.165, 1.54) is 11.3 Å². The summed E-state index contributed by atoms with van der Waals surface area (Å²) in [6.45, 7) is 7.51. The van der Waals surface area contributed by atoms with Gasteiger partial charge in [0, 0.05) is 12.1 Å². The molecule has 4 heteroatoms. The lowest BCUT2D eigenvalue weighted by Gasteiger charge is -1.96. The van der Waals surface area contributed by atoms with Crippen LogP contribution in [-0.4, -0.2) is 16.1 Å². The van der Waals surface area contributed by atoms with Crippen molar-refractivity contribution < 1.29 is 9.90 Å². The summed E-state index contributed by atoms with van der Waals surface area (Å²) in [6, 6.07) is 0. The Hall–Kier alpha value is -1.16. The van der Waals surface area contributed by atoms with Crippen molar-refractivity contribution in [1.29, 1.82) is 0 Å². The molecule has 1 N–H and O–H groups in total. The van der Waals surface area contributed by atoms with Crippen molar-refractivity contribution in [1.82, 2.24) is 4.98 Å². The summed E-state index contributed by atoms with van der Waals surface area (Å²) in [7, 11) is 0. The zero-order valence-electron chi connectivity index (χ0n) is 7.57. The lowest BCUT2D eigenvalue weighted by molar-refractivity contribution is -0.130. The van der Waals surface area contributed by atoms with E-state index in [9.17, 15) is 4.79 Å². The summed E-state index contributed by atoms with van der Waals surface area (Å²) >= 11 is 1.39. The summed E-state index contributed by atoms with van der Waals surface area (Å²) in [4.78, 5) is 15.3. The van der Waals surface area contributed by atoms with Gasteiger partial charge >= 0.3 is 5.97 Å². The SMILES string of the molecule is C=C(C(=O)O)c1cnc(C(C)C)s1. The molecule has 0 unspecified atom stereocenters. The molecule has 0 bridgehead atoms. The molecular weight excluding hydrogens is 186 g/mol. The van der Waals surface area contributed by atoms with E-state index in [2.05, 4.69) is 11.6 Å². The Labute approximate surface area is 80.7 Å². The second-order valence-corrected chi connectivity index (χ2v) is 4.06. The molecule has 0 fully saturated rings. The molecule has 0 aliphatic heterocycles. The standard InChI is InChI=1S/C9H11NO2S/c1-5(2)8-10-4-7(13-8)6(3)9(11)12/h4-5H,3H2,1-2H3,(H,11,12). The highest BCUT2D eigenvalue weighted by Gasteiger charge is 2.12. The predicted octanol–water partition coefficient (Wildman–Crippen LogP) is 2.36. The topological polar surface area (TPSA) is 50.2 Å². The fourth-order valence-corrected chi connectivity index (χ4v) is 1.68. The highest BCUT2D eigenvalue weighted by Crippen LogP contribution is 2.25. The summed E-state index contributed by atoms with van der Waals surface area (Å²) in [5.41, 5.74) is 0.115. The van der Waals surface area contributed by atoms with Crippen molar-refractivity contribution in [2.45, 2.75) is 19.8 Å². The van der Waals surface area contributed by atoms with E-state index in [0.29, 0.717) is 10.8 Å². The predicted molar refractivity (Wildman–Crippen MR) is 52.9 cm³/mol. The van der Waals surface area contributed by atoms with Crippen LogP contribution < -0.4 is 0 Å². The first kappa shape index (κ1) is 9.92. The smallest absolute Gasteiger partial charge is 0.336 e. The third-order valence-corrected chi connectivity index (χ3v) is 2.93. The van der Waals surface area contributed by atoms with E-state index in [1.807, 2.05) is 13.8 Å². The maximum atomic E-state index is 10.6. The van der Waals surface area contributed by atoms with Crippen LogP contribution in [0, 0.1) is 0 Å². The van der Waals surface area contributed by atoms with Gasteiger partial charge in [-0.2, -0.15) is 0 Å². The van der Waals surface area contributed by atoms with Gasteiger partial charge in [-0.15, -0.1) is 11.3 Å². The monoisotopic (exact) mass is 197 g/mol. The molecule has 70 valence electrons. The first-order valence-corrected chi connectivity index (χ1v) is 4.72. The van der Waals surface area contributed by atoms with Gasteiger partial charge < -0.3 is 5.11 Å². The average Bonchev–Trinajstić information content (AvgIpc) is 2.50. The summed E-state index contributed by atoms with van der Waals surface area (Å²) in [6.07, 6.45) is 1.57. The van der Waals surface area contributed by atoms with E-state index < -0.39 is 5.97 Å². The Balaban J connectivity index is 2.92. The molecule has 1 heterocycles. The van der Waals surface area contributed by atoms with Gasteiger partial charge in [-0.25, -0.2) is 9.78 Å². The minimum Gasteiger partial charge on any atom is -0.478 e. The number of thiazole rings is 1. The van der Waals surface area contributed by atoms with E-state index in [-0.39, 0.29) is 5.57 Å². The Morgan fingerprint density at radius 2 is 2.31 bits per heavy atom. The van der Waals surface area contributed by atoms with Crippen molar-refractivity contribution >= 4 is 22.9 Å². The molecule has 0 saturated carbocycles. The maximum absolute atomic E-state index is 10.6. The van der Waals surface area contributed by atoms with Crippen LogP contribution >= 0.6 is 11.3 Å². The highest BCUT2D eigenvalue weighted by atomic mass is 32.1.